The number of benzene rings is 1. The third-order valence-electron chi connectivity index (χ3n) is 3.14. The second-order valence-electron chi connectivity index (χ2n) is 4.07. The monoisotopic (exact) mass is 239 g/mol. The van der Waals surface area contributed by atoms with Crippen LogP contribution < -0.4 is 10.1 Å². The van der Waals surface area contributed by atoms with Gasteiger partial charge in [-0.1, -0.05) is 6.07 Å². The number of carboxylic acid groups (broad SMARTS) is 1. The highest BCUT2D eigenvalue weighted by Gasteiger charge is 2.37. The summed E-state index contributed by atoms with van der Waals surface area (Å²) in [5, 5.41) is 12.1. The van der Waals surface area contributed by atoms with Gasteiger partial charge >= 0.3 is 5.97 Å². The zero-order valence-corrected chi connectivity index (χ0v) is 9.44. The van der Waals surface area contributed by atoms with E-state index in [2.05, 4.69) is 5.32 Å². The summed E-state index contributed by atoms with van der Waals surface area (Å²) in [6.07, 6.45) is 0. The number of hydrogen-bond acceptors (Lipinski definition) is 3. The molecule has 1 aromatic carbocycles. The van der Waals surface area contributed by atoms with Crippen LogP contribution in [-0.2, 0) is 4.79 Å². The number of nitrogens with one attached hydrogen (secondary N) is 1. The zero-order valence-electron chi connectivity index (χ0n) is 9.44. The van der Waals surface area contributed by atoms with Crippen LogP contribution in [0.2, 0.25) is 0 Å². The number of aliphatic carboxylic acids is 1. The fraction of sp³-hybridized carbons (Fsp3) is 0.417. The molecule has 0 saturated carbocycles. The summed E-state index contributed by atoms with van der Waals surface area (Å²) in [7, 11) is 1.45. The van der Waals surface area contributed by atoms with Crippen molar-refractivity contribution >= 4 is 5.97 Å². The Morgan fingerprint density at radius 1 is 1.53 bits per heavy atom. The first-order chi connectivity index (χ1) is 8.15. The van der Waals surface area contributed by atoms with Crippen LogP contribution in [0, 0.1) is 11.7 Å². The maximum atomic E-state index is 13.8. The van der Waals surface area contributed by atoms with Crippen molar-refractivity contribution in [3.05, 3.63) is 29.6 Å². The summed E-state index contributed by atoms with van der Waals surface area (Å²) >= 11 is 0. The Balaban J connectivity index is 2.42. The number of ether oxygens (including phenoxy) is 1. The molecule has 1 aliphatic heterocycles. The average Bonchev–Trinajstić information content (AvgIpc) is 2.77. The first-order valence-electron chi connectivity index (χ1n) is 5.41. The van der Waals surface area contributed by atoms with Gasteiger partial charge in [-0.25, -0.2) is 4.39 Å². The minimum atomic E-state index is -0.912. The highest BCUT2D eigenvalue weighted by molar-refractivity contribution is 5.72. The second-order valence-corrected chi connectivity index (χ2v) is 4.07. The predicted molar refractivity (Wildman–Crippen MR) is 59.7 cm³/mol. The number of carbonyl (C=O) groups is 1. The van der Waals surface area contributed by atoms with Crippen LogP contribution >= 0.6 is 0 Å². The Kier molecular flexibility index (Phi) is 3.28. The molecule has 0 amide bonds. The standard InChI is InChI=1S/C12H14FNO3/c1-17-10-4-2-3-9(13)11(10)7-5-14-6-8(7)12(15)16/h2-4,7-8,14H,5-6H2,1H3,(H,15,16). The van der Waals surface area contributed by atoms with Crippen molar-refractivity contribution in [3.8, 4) is 5.75 Å². The van der Waals surface area contributed by atoms with E-state index in [9.17, 15) is 9.18 Å². The Labute approximate surface area is 98.4 Å². The second kappa shape index (κ2) is 4.71. The number of hydrogen-bond donors (Lipinski definition) is 2. The normalized spacial score (nSPS) is 23.6. The largest absolute Gasteiger partial charge is 0.496 e. The molecule has 2 rings (SSSR count). The number of halogens is 1. The van der Waals surface area contributed by atoms with Crippen LogP contribution in [0.4, 0.5) is 4.39 Å². The maximum Gasteiger partial charge on any atom is 0.308 e. The molecule has 1 heterocycles. The molecule has 1 saturated heterocycles. The van der Waals surface area contributed by atoms with E-state index in [-0.39, 0.29) is 5.92 Å². The van der Waals surface area contributed by atoms with Gasteiger partial charge in [0, 0.05) is 24.6 Å². The summed E-state index contributed by atoms with van der Waals surface area (Å²) in [4.78, 5) is 11.1. The van der Waals surface area contributed by atoms with Gasteiger partial charge in [0.15, 0.2) is 0 Å². The Bertz CT molecular complexity index is 436. The Morgan fingerprint density at radius 2 is 2.29 bits per heavy atom. The quantitative estimate of drug-likeness (QED) is 0.832. The van der Waals surface area contributed by atoms with Gasteiger partial charge in [0.25, 0.3) is 0 Å². The van der Waals surface area contributed by atoms with Crippen LogP contribution in [0.15, 0.2) is 18.2 Å². The van der Waals surface area contributed by atoms with E-state index in [1.54, 1.807) is 12.1 Å². The smallest absolute Gasteiger partial charge is 0.308 e. The molecule has 0 aliphatic carbocycles. The Hall–Kier alpha value is -1.62. The van der Waals surface area contributed by atoms with Gasteiger partial charge in [-0.05, 0) is 12.1 Å². The van der Waals surface area contributed by atoms with Gasteiger partial charge in [-0.15, -0.1) is 0 Å². The van der Waals surface area contributed by atoms with Gasteiger partial charge in [-0.3, -0.25) is 4.79 Å². The Morgan fingerprint density at radius 3 is 2.94 bits per heavy atom. The van der Waals surface area contributed by atoms with Crippen molar-refractivity contribution in [3.63, 3.8) is 0 Å². The molecule has 2 N–H and O–H groups in total. The van der Waals surface area contributed by atoms with Gasteiger partial charge in [0.2, 0.25) is 0 Å². The molecule has 1 aliphatic rings. The number of carboxylic acids is 1. The van der Waals surface area contributed by atoms with Crippen molar-refractivity contribution in [1.82, 2.24) is 5.32 Å². The lowest BCUT2D eigenvalue weighted by atomic mass is 9.88. The molecular weight excluding hydrogens is 225 g/mol. The fourth-order valence-electron chi connectivity index (χ4n) is 2.30. The molecule has 0 radical (unpaired) electrons. The van der Waals surface area contributed by atoms with E-state index < -0.39 is 17.7 Å². The predicted octanol–water partition coefficient (Wildman–Crippen LogP) is 1.22. The van der Waals surface area contributed by atoms with E-state index in [1.807, 2.05) is 0 Å². The van der Waals surface area contributed by atoms with E-state index in [4.69, 9.17) is 9.84 Å². The van der Waals surface area contributed by atoms with Gasteiger partial charge in [-0.2, -0.15) is 0 Å². The van der Waals surface area contributed by atoms with Gasteiger partial charge in [0.1, 0.15) is 11.6 Å². The van der Waals surface area contributed by atoms with Crippen LogP contribution in [0.1, 0.15) is 11.5 Å². The van der Waals surface area contributed by atoms with E-state index in [0.717, 1.165) is 0 Å². The van der Waals surface area contributed by atoms with Crippen molar-refractivity contribution in [1.29, 1.82) is 0 Å². The van der Waals surface area contributed by atoms with Crippen molar-refractivity contribution < 1.29 is 19.0 Å². The minimum Gasteiger partial charge on any atom is -0.496 e. The first-order valence-corrected chi connectivity index (χ1v) is 5.41. The molecule has 0 spiro atoms. The average molecular weight is 239 g/mol. The summed E-state index contributed by atoms with van der Waals surface area (Å²) in [5.41, 5.74) is 0.354. The molecule has 0 aromatic heterocycles. The lowest BCUT2D eigenvalue weighted by Gasteiger charge is -2.18. The summed E-state index contributed by atoms with van der Waals surface area (Å²) < 4.78 is 18.9. The minimum absolute atomic E-state index is 0.354. The van der Waals surface area contributed by atoms with Crippen LogP contribution in [-0.4, -0.2) is 31.3 Å². The molecule has 92 valence electrons. The van der Waals surface area contributed by atoms with Gasteiger partial charge < -0.3 is 15.2 Å². The molecule has 5 heteroatoms. The van der Waals surface area contributed by atoms with Gasteiger partial charge in [0.05, 0.1) is 13.0 Å². The van der Waals surface area contributed by atoms with Crippen molar-refractivity contribution in [2.45, 2.75) is 5.92 Å². The zero-order chi connectivity index (χ0) is 12.4. The third-order valence-corrected chi connectivity index (χ3v) is 3.14. The lowest BCUT2D eigenvalue weighted by molar-refractivity contribution is -0.141. The molecule has 2 unspecified atom stereocenters. The van der Waals surface area contributed by atoms with E-state index >= 15 is 0 Å². The SMILES string of the molecule is COc1cccc(F)c1C1CNCC1C(=O)O. The first kappa shape index (κ1) is 11.9. The lowest BCUT2D eigenvalue weighted by Crippen LogP contribution is -2.22. The molecule has 4 nitrogen and oxygen atoms in total. The summed E-state index contributed by atoms with van der Waals surface area (Å²) in [6.45, 7) is 0.811. The number of rotatable bonds is 3. The summed E-state index contributed by atoms with van der Waals surface area (Å²) in [5.74, 6) is -1.91. The van der Waals surface area contributed by atoms with E-state index in [0.29, 0.717) is 24.4 Å². The topological polar surface area (TPSA) is 58.6 Å². The third kappa shape index (κ3) is 2.10. The van der Waals surface area contributed by atoms with Crippen LogP contribution in [0.25, 0.3) is 0 Å². The summed E-state index contributed by atoms with van der Waals surface area (Å²) in [6, 6.07) is 4.53. The molecule has 1 fully saturated rings. The number of methoxy groups -OCH3 is 1. The highest BCUT2D eigenvalue weighted by Crippen LogP contribution is 2.36. The maximum absolute atomic E-state index is 13.8. The van der Waals surface area contributed by atoms with Crippen molar-refractivity contribution in [2.75, 3.05) is 20.2 Å². The molecular formula is C12H14FNO3. The van der Waals surface area contributed by atoms with Crippen LogP contribution in [0.3, 0.4) is 0 Å². The molecule has 2 atom stereocenters. The molecule has 0 bridgehead atoms. The van der Waals surface area contributed by atoms with Crippen molar-refractivity contribution in [2.24, 2.45) is 5.92 Å². The highest BCUT2D eigenvalue weighted by atomic mass is 19.1. The molecule has 1 aromatic rings. The van der Waals surface area contributed by atoms with E-state index in [1.165, 1.54) is 13.2 Å². The molecule has 17 heavy (non-hydrogen) atoms. The fourth-order valence-corrected chi connectivity index (χ4v) is 2.30. The van der Waals surface area contributed by atoms with Crippen LogP contribution in [0.5, 0.6) is 5.75 Å².